The van der Waals surface area contributed by atoms with Gasteiger partial charge in [-0.05, 0) is 40.2 Å². The van der Waals surface area contributed by atoms with Crippen molar-refractivity contribution in [2.75, 3.05) is 42.9 Å². The summed E-state index contributed by atoms with van der Waals surface area (Å²) < 4.78 is 14.7. The van der Waals surface area contributed by atoms with Crippen LogP contribution >= 0.6 is 15.9 Å². The zero-order valence-corrected chi connectivity index (χ0v) is 15.9. The van der Waals surface area contributed by atoms with E-state index in [9.17, 15) is 14.0 Å². The number of rotatable bonds is 4. The van der Waals surface area contributed by atoms with E-state index >= 15 is 0 Å². The maximum Gasteiger partial charge on any atom is 0.282 e. The van der Waals surface area contributed by atoms with E-state index in [0.29, 0.717) is 36.3 Å². The number of anilines is 2. The molecule has 138 valence electrons. The highest BCUT2D eigenvalue weighted by molar-refractivity contribution is 9.10. The van der Waals surface area contributed by atoms with Gasteiger partial charge in [0.05, 0.1) is 18.4 Å². The molecule has 26 heavy (non-hydrogen) atoms. The second-order valence-electron chi connectivity index (χ2n) is 6.09. The van der Waals surface area contributed by atoms with Crippen molar-refractivity contribution in [3.05, 3.63) is 51.1 Å². The highest BCUT2D eigenvalue weighted by atomic mass is 79.9. The summed E-state index contributed by atoms with van der Waals surface area (Å²) in [5.74, 6) is -0.475. The van der Waals surface area contributed by atoms with Crippen molar-refractivity contribution in [3.63, 3.8) is 0 Å². The Kier molecular flexibility index (Phi) is 5.67. The van der Waals surface area contributed by atoms with E-state index in [1.54, 1.807) is 13.2 Å². The average Bonchev–Trinajstić information content (AvgIpc) is 2.63. The normalized spacial score (nSPS) is 15.1. The molecule has 1 aliphatic rings. The van der Waals surface area contributed by atoms with Crippen molar-refractivity contribution in [2.24, 2.45) is 7.05 Å². The summed E-state index contributed by atoms with van der Waals surface area (Å²) >= 11 is 3.34. The van der Waals surface area contributed by atoms with Crippen LogP contribution in [0.3, 0.4) is 0 Å². The highest BCUT2D eigenvalue weighted by Gasteiger charge is 2.22. The van der Waals surface area contributed by atoms with Gasteiger partial charge in [0.15, 0.2) is 0 Å². The highest BCUT2D eigenvalue weighted by Crippen LogP contribution is 2.22. The number of aryl methyl sites for hydroxylation is 1. The van der Waals surface area contributed by atoms with Crippen molar-refractivity contribution in [1.82, 2.24) is 14.7 Å². The molecule has 1 aromatic carbocycles. The molecule has 1 N–H and O–H groups in total. The molecule has 1 saturated heterocycles. The molecule has 1 aliphatic heterocycles. The van der Waals surface area contributed by atoms with Crippen LogP contribution in [0.15, 0.2) is 39.7 Å². The number of hydrogen-bond acceptors (Lipinski definition) is 5. The maximum absolute atomic E-state index is 12.9. The summed E-state index contributed by atoms with van der Waals surface area (Å²) in [5.41, 5.74) is 1.16. The molecular weight excluding hydrogens is 405 g/mol. The van der Waals surface area contributed by atoms with E-state index < -0.39 is 0 Å². The van der Waals surface area contributed by atoms with Crippen LogP contribution in [0.2, 0.25) is 0 Å². The number of nitrogens with zero attached hydrogens (tertiary/aromatic N) is 4. The number of hydrogen-bond donors (Lipinski definition) is 1. The van der Waals surface area contributed by atoms with E-state index in [0.717, 1.165) is 5.69 Å². The molecule has 0 saturated carbocycles. The topological polar surface area (TPSA) is 70.5 Å². The fourth-order valence-corrected chi connectivity index (χ4v) is 3.42. The molecular formula is C17H19BrFN5O2. The Labute approximate surface area is 158 Å². The lowest BCUT2D eigenvalue weighted by molar-refractivity contribution is -0.117. The first-order valence-electron chi connectivity index (χ1n) is 8.18. The quantitative estimate of drug-likeness (QED) is 0.805. The van der Waals surface area contributed by atoms with Gasteiger partial charge in [0.25, 0.3) is 5.56 Å². The third-order valence-corrected chi connectivity index (χ3v) is 5.01. The van der Waals surface area contributed by atoms with E-state index in [1.807, 2.05) is 4.90 Å². The SMILES string of the molecule is Cn1ncc(N2CCN(CC(=O)Nc3ccc(F)cc3)CC2)c(Br)c1=O. The van der Waals surface area contributed by atoms with Crippen LogP contribution in [-0.4, -0.2) is 53.3 Å². The molecule has 1 aromatic heterocycles. The largest absolute Gasteiger partial charge is 0.367 e. The number of amides is 1. The Balaban J connectivity index is 1.54. The molecule has 1 amide bonds. The van der Waals surface area contributed by atoms with Gasteiger partial charge in [-0.25, -0.2) is 9.07 Å². The molecule has 2 heterocycles. The van der Waals surface area contributed by atoms with Gasteiger partial charge in [-0.15, -0.1) is 0 Å². The first-order valence-corrected chi connectivity index (χ1v) is 8.98. The van der Waals surface area contributed by atoms with Crippen molar-refractivity contribution in [1.29, 1.82) is 0 Å². The summed E-state index contributed by atoms with van der Waals surface area (Å²) in [6.07, 6.45) is 1.67. The lowest BCUT2D eigenvalue weighted by Crippen LogP contribution is -2.49. The summed E-state index contributed by atoms with van der Waals surface area (Å²) in [7, 11) is 1.61. The van der Waals surface area contributed by atoms with E-state index in [2.05, 4.69) is 31.2 Å². The Morgan fingerprint density at radius 1 is 1.23 bits per heavy atom. The van der Waals surface area contributed by atoms with Crippen LogP contribution in [0.4, 0.5) is 15.8 Å². The Morgan fingerprint density at radius 2 is 1.88 bits per heavy atom. The van der Waals surface area contributed by atoms with Crippen LogP contribution in [0.1, 0.15) is 0 Å². The van der Waals surface area contributed by atoms with Crippen LogP contribution in [0.5, 0.6) is 0 Å². The number of benzene rings is 1. The van der Waals surface area contributed by atoms with Gasteiger partial charge in [-0.3, -0.25) is 14.5 Å². The Bertz CT molecular complexity index is 847. The fourth-order valence-electron chi connectivity index (χ4n) is 2.81. The molecule has 0 aliphatic carbocycles. The minimum atomic E-state index is -0.337. The number of halogens is 2. The van der Waals surface area contributed by atoms with Crippen molar-refractivity contribution < 1.29 is 9.18 Å². The predicted molar refractivity (Wildman–Crippen MR) is 101 cm³/mol. The summed E-state index contributed by atoms with van der Waals surface area (Å²) in [6.45, 7) is 3.03. The molecule has 9 heteroatoms. The summed E-state index contributed by atoms with van der Waals surface area (Å²) in [5, 5.41) is 6.82. The van der Waals surface area contributed by atoms with Crippen LogP contribution in [-0.2, 0) is 11.8 Å². The van der Waals surface area contributed by atoms with E-state index in [-0.39, 0.29) is 23.8 Å². The van der Waals surface area contributed by atoms with Gasteiger partial charge >= 0.3 is 0 Å². The minimum absolute atomic E-state index is 0.138. The van der Waals surface area contributed by atoms with Gasteiger partial charge < -0.3 is 10.2 Å². The van der Waals surface area contributed by atoms with Gasteiger partial charge in [-0.2, -0.15) is 5.10 Å². The standard InChI is InChI=1S/C17H19BrFN5O2/c1-22-17(26)16(18)14(10-20-22)24-8-6-23(7-9-24)11-15(25)21-13-4-2-12(19)3-5-13/h2-5,10H,6-9,11H2,1H3,(H,21,25). The Morgan fingerprint density at radius 3 is 2.54 bits per heavy atom. The van der Waals surface area contributed by atoms with Crippen LogP contribution in [0.25, 0.3) is 0 Å². The summed E-state index contributed by atoms with van der Waals surface area (Å²) in [4.78, 5) is 28.2. The number of aromatic nitrogens is 2. The summed E-state index contributed by atoms with van der Waals surface area (Å²) in [6, 6.07) is 5.69. The van der Waals surface area contributed by atoms with Crippen LogP contribution < -0.4 is 15.8 Å². The number of piperazine rings is 1. The number of nitrogens with one attached hydrogen (secondary N) is 1. The minimum Gasteiger partial charge on any atom is -0.367 e. The smallest absolute Gasteiger partial charge is 0.282 e. The van der Waals surface area contributed by atoms with E-state index in [4.69, 9.17) is 0 Å². The zero-order chi connectivity index (χ0) is 18.7. The maximum atomic E-state index is 12.9. The first kappa shape index (κ1) is 18.5. The predicted octanol–water partition coefficient (Wildman–Crippen LogP) is 1.44. The van der Waals surface area contributed by atoms with Gasteiger partial charge in [0.2, 0.25) is 5.91 Å². The molecule has 0 unspecified atom stereocenters. The third kappa shape index (κ3) is 4.28. The number of carbonyl (C=O) groups excluding carboxylic acids is 1. The van der Waals surface area contributed by atoms with Crippen molar-refractivity contribution in [3.8, 4) is 0 Å². The molecule has 0 bridgehead atoms. The lowest BCUT2D eigenvalue weighted by atomic mass is 10.2. The van der Waals surface area contributed by atoms with Gasteiger partial charge in [0.1, 0.15) is 10.3 Å². The molecule has 2 aromatic rings. The molecule has 3 rings (SSSR count). The molecule has 0 radical (unpaired) electrons. The van der Waals surface area contributed by atoms with Crippen LogP contribution in [0, 0.1) is 5.82 Å². The second kappa shape index (κ2) is 7.96. The second-order valence-corrected chi connectivity index (χ2v) is 6.88. The molecule has 0 atom stereocenters. The molecule has 1 fully saturated rings. The Hall–Kier alpha value is -2.26. The monoisotopic (exact) mass is 423 g/mol. The van der Waals surface area contributed by atoms with Gasteiger partial charge in [-0.1, -0.05) is 0 Å². The number of carbonyl (C=O) groups is 1. The molecule has 7 nitrogen and oxygen atoms in total. The van der Waals surface area contributed by atoms with Gasteiger partial charge in [0, 0.05) is 38.9 Å². The van der Waals surface area contributed by atoms with Crippen molar-refractivity contribution in [2.45, 2.75) is 0 Å². The zero-order valence-electron chi connectivity index (χ0n) is 14.3. The fraction of sp³-hybridized carbons (Fsp3) is 0.353. The van der Waals surface area contributed by atoms with Crippen molar-refractivity contribution >= 4 is 33.2 Å². The third-order valence-electron chi connectivity index (χ3n) is 4.27. The molecule has 0 spiro atoms. The average molecular weight is 424 g/mol. The lowest BCUT2D eigenvalue weighted by Gasteiger charge is -2.35. The first-order chi connectivity index (χ1) is 12.4. The van der Waals surface area contributed by atoms with E-state index in [1.165, 1.54) is 28.9 Å².